The van der Waals surface area contributed by atoms with Crippen LogP contribution in [0.1, 0.15) is 36.8 Å². The number of anilines is 1. The lowest BCUT2D eigenvalue weighted by Crippen LogP contribution is -2.28. The van der Waals surface area contributed by atoms with Crippen LogP contribution in [-0.2, 0) is 12.8 Å². The molecule has 0 saturated heterocycles. The van der Waals surface area contributed by atoms with Gasteiger partial charge in [-0.05, 0) is 61.6 Å². The predicted octanol–water partition coefficient (Wildman–Crippen LogP) is 5.90. The van der Waals surface area contributed by atoms with E-state index in [2.05, 4.69) is 21.2 Å². The molecule has 0 aliphatic heterocycles. The molecular weight excluding hydrogens is 442 g/mol. The highest BCUT2D eigenvalue weighted by molar-refractivity contribution is 9.10. The van der Waals surface area contributed by atoms with Crippen molar-refractivity contribution >= 4 is 21.6 Å². The monoisotopic (exact) mass is 461 g/mol. The topological polar surface area (TPSA) is 41.5 Å². The van der Waals surface area contributed by atoms with E-state index in [1.165, 1.54) is 6.07 Å². The van der Waals surface area contributed by atoms with Crippen molar-refractivity contribution in [1.29, 1.82) is 0 Å². The Morgan fingerprint density at radius 3 is 2.46 bits per heavy atom. The molecule has 8 heteroatoms. The maximum absolute atomic E-state index is 13.4. The zero-order chi connectivity index (χ0) is 20.3. The summed E-state index contributed by atoms with van der Waals surface area (Å²) in [5.41, 5.74) is -0.360. The number of rotatable bonds is 5. The number of hydrogen-bond donors (Lipinski definition) is 2. The summed E-state index contributed by atoms with van der Waals surface area (Å²) >= 11 is 3.40. The fourth-order valence-corrected chi connectivity index (χ4v) is 3.58. The van der Waals surface area contributed by atoms with Crippen LogP contribution in [0.25, 0.3) is 0 Å². The molecule has 1 aliphatic rings. The molecule has 0 unspecified atom stereocenters. The predicted molar refractivity (Wildman–Crippen MR) is 102 cm³/mol. The second-order valence-corrected chi connectivity index (χ2v) is 7.81. The Hall–Kier alpha value is -1.80. The largest absolute Gasteiger partial charge is 0.487 e. The van der Waals surface area contributed by atoms with E-state index in [9.17, 15) is 22.7 Å². The Balaban J connectivity index is 1.72. The second-order valence-electron chi connectivity index (χ2n) is 6.89. The lowest BCUT2D eigenvalue weighted by Gasteiger charge is -2.28. The van der Waals surface area contributed by atoms with Crippen molar-refractivity contribution in [3.63, 3.8) is 0 Å². The van der Waals surface area contributed by atoms with Crippen molar-refractivity contribution < 1.29 is 27.4 Å². The summed E-state index contributed by atoms with van der Waals surface area (Å²) in [5, 5.41) is 13.0. The van der Waals surface area contributed by atoms with E-state index in [1.807, 2.05) is 6.07 Å². The van der Waals surface area contributed by atoms with Gasteiger partial charge in [-0.15, -0.1) is 0 Å². The molecule has 1 fully saturated rings. The molecule has 0 radical (unpaired) electrons. The Morgan fingerprint density at radius 2 is 1.79 bits per heavy atom. The van der Waals surface area contributed by atoms with E-state index < -0.39 is 17.6 Å². The molecule has 2 N–H and O–H groups in total. The molecule has 1 saturated carbocycles. The zero-order valence-corrected chi connectivity index (χ0v) is 16.5. The lowest BCUT2D eigenvalue weighted by atomic mass is 9.93. The Kier molecular flexibility index (Phi) is 6.50. The number of aliphatic hydroxyl groups is 1. The van der Waals surface area contributed by atoms with Gasteiger partial charge in [-0.25, -0.2) is 4.39 Å². The van der Waals surface area contributed by atoms with Gasteiger partial charge in [0.15, 0.2) is 0 Å². The average molecular weight is 462 g/mol. The van der Waals surface area contributed by atoms with E-state index in [4.69, 9.17) is 4.74 Å². The minimum absolute atomic E-state index is 0.122. The molecule has 0 spiro atoms. The number of hydrogen-bond acceptors (Lipinski definition) is 3. The van der Waals surface area contributed by atoms with Gasteiger partial charge in [0.25, 0.3) is 0 Å². The van der Waals surface area contributed by atoms with Gasteiger partial charge in [0.05, 0.1) is 17.4 Å². The van der Waals surface area contributed by atoms with Crippen molar-refractivity contribution in [2.45, 2.75) is 50.6 Å². The maximum Gasteiger partial charge on any atom is 0.419 e. The molecule has 3 nitrogen and oxygen atoms in total. The first kappa shape index (κ1) is 20.9. The number of nitrogens with one attached hydrogen (secondary N) is 1. The number of benzene rings is 2. The summed E-state index contributed by atoms with van der Waals surface area (Å²) < 4.78 is 58.6. The molecule has 0 bridgehead atoms. The van der Waals surface area contributed by atoms with E-state index >= 15 is 0 Å². The van der Waals surface area contributed by atoms with Crippen molar-refractivity contribution in [2.75, 3.05) is 5.32 Å². The number of alkyl halides is 3. The van der Waals surface area contributed by atoms with Gasteiger partial charge < -0.3 is 15.2 Å². The Bertz CT molecular complexity index is 820. The highest BCUT2D eigenvalue weighted by atomic mass is 79.9. The highest BCUT2D eigenvalue weighted by Gasteiger charge is 2.34. The standard InChI is InChI=1S/C20H20BrF4NO2/c21-13-2-8-19(18(10-13)26-14-3-5-15(27)6-4-14)28-11-12-1-7-17(22)16(9-12)20(23,24)25/h1-2,7-10,14-15,26-27H,3-6,11H2. The van der Waals surface area contributed by atoms with Crippen LogP contribution in [0.2, 0.25) is 0 Å². The molecule has 1 aliphatic carbocycles. The van der Waals surface area contributed by atoms with Gasteiger partial charge in [0, 0.05) is 10.5 Å². The van der Waals surface area contributed by atoms with Gasteiger partial charge in [0.2, 0.25) is 0 Å². The summed E-state index contributed by atoms with van der Waals surface area (Å²) in [6.45, 7) is -0.122. The van der Waals surface area contributed by atoms with E-state index in [1.54, 1.807) is 12.1 Å². The molecule has 0 amide bonds. The minimum Gasteiger partial charge on any atom is -0.487 e. The smallest absolute Gasteiger partial charge is 0.419 e. The van der Waals surface area contributed by atoms with Crippen LogP contribution in [0.5, 0.6) is 5.75 Å². The first-order valence-corrected chi connectivity index (χ1v) is 9.74. The van der Waals surface area contributed by atoms with Crippen LogP contribution >= 0.6 is 15.9 Å². The first-order chi connectivity index (χ1) is 13.2. The van der Waals surface area contributed by atoms with Gasteiger partial charge in [-0.2, -0.15) is 13.2 Å². The van der Waals surface area contributed by atoms with Crippen molar-refractivity contribution in [3.8, 4) is 5.75 Å². The van der Waals surface area contributed by atoms with Crippen LogP contribution in [0, 0.1) is 5.82 Å². The summed E-state index contributed by atoms with van der Waals surface area (Å²) in [7, 11) is 0. The van der Waals surface area contributed by atoms with Crippen molar-refractivity contribution in [2.24, 2.45) is 0 Å². The first-order valence-electron chi connectivity index (χ1n) is 8.95. The van der Waals surface area contributed by atoms with E-state index in [0.29, 0.717) is 11.4 Å². The van der Waals surface area contributed by atoms with Gasteiger partial charge in [0.1, 0.15) is 18.2 Å². The lowest BCUT2D eigenvalue weighted by molar-refractivity contribution is -0.140. The highest BCUT2D eigenvalue weighted by Crippen LogP contribution is 2.34. The minimum atomic E-state index is -4.75. The van der Waals surface area contributed by atoms with E-state index in [0.717, 1.165) is 42.3 Å². The fourth-order valence-electron chi connectivity index (χ4n) is 3.22. The molecule has 3 rings (SSSR count). The molecular formula is C20H20BrF4NO2. The van der Waals surface area contributed by atoms with Gasteiger partial charge >= 0.3 is 6.18 Å². The van der Waals surface area contributed by atoms with Crippen LogP contribution in [0.4, 0.5) is 23.2 Å². The molecule has 2 aromatic rings. The van der Waals surface area contributed by atoms with Crippen molar-refractivity contribution in [3.05, 3.63) is 57.8 Å². The summed E-state index contributed by atoms with van der Waals surface area (Å²) in [5.74, 6) is -0.811. The normalized spacial score (nSPS) is 20.1. The van der Waals surface area contributed by atoms with Crippen LogP contribution < -0.4 is 10.1 Å². The molecule has 0 atom stereocenters. The molecule has 0 aromatic heterocycles. The van der Waals surface area contributed by atoms with Gasteiger partial charge in [-0.3, -0.25) is 0 Å². The van der Waals surface area contributed by atoms with Gasteiger partial charge in [-0.1, -0.05) is 22.0 Å². The molecule has 2 aromatic carbocycles. The van der Waals surface area contributed by atoms with Crippen LogP contribution in [0.15, 0.2) is 40.9 Å². The second kappa shape index (κ2) is 8.69. The van der Waals surface area contributed by atoms with Crippen LogP contribution in [-0.4, -0.2) is 17.3 Å². The summed E-state index contributed by atoms with van der Waals surface area (Å²) in [6, 6.07) is 8.36. The quantitative estimate of drug-likeness (QED) is 0.544. The van der Waals surface area contributed by atoms with Crippen LogP contribution in [0.3, 0.4) is 0 Å². The zero-order valence-electron chi connectivity index (χ0n) is 14.9. The third kappa shape index (κ3) is 5.38. The summed E-state index contributed by atoms with van der Waals surface area (Å²) in [6.07, 6.45) is -1.94. The average Bonchev–Trinajstić information content (AvgIpc) is 2.63. The molecule has 0 heterocycles. The SMILES string of the molecule is OC1CCC(Nc2cc(Br)ccc2OCc2ccc(F)c(C(F)(F)F)c2)CC1. The van der Waals surface area contributed by atoms with Crippen molar-refractivity contribution in [1.82, 2.24) is 0 Å². The Morgan fingerprint density at radius 1 is 1.07 bits per heavy atom. The maximum atomic E-state index is 13.4. The number of ether oxygens (including phenoxy) is 1. The van der Waals surface area contributed by atoms with E-state index in [-0.39, 0.29) is 24.3 Å². The fraction of sp³-hybridized carbons (Fsp3) is 0.400. The third-order valence-corrected chi connectivity index (χ3v) is 5.22. The molecule has 152 valence electrons. The number of aliphatic hydroxyl groups excluding tert-OH is 1. The molecule has 28 heavy (non-hydrogen) atoms. The third-order valence-electron chi connectivity index (χ3n) is 4.73. The summed E-state index contributed by atoms with van der Waals surface area (Å²) in [4.78, 5) is 0. The number of halogens is 5. The Labute approximate surface area is 168 Å².